The maximum absolute atomic E-state index is 13.2. The zero-order chi connectivity index (χ0) is 19.6. The van der Waals surface area contributed by atoms with Crippen LogP contribution in [0.2, 0.25) is 0 Å². The second kappa shape index (κ2) is 7.64. The molecule has 0 aliphatic carbocycles. The van der Waals surface area contributed by atoms with E-state index in [-0.39, 0.29) is 31.3 Å². The van der Waals surface area contributed by atoms with Crippen molar-refractivity contribution < 1.29 is 19.1 Å². The van der Waals surface area contributed by atoms with E-state index in [0.29, 0.717) is 16.8 Å². The Morgan fingerprint density at radius 3 is 2.48 bits per heavy atom. The fraction of sp³-hybridized carbons (Fsp3) is 0.286. The summed E-state index contributed by atoms with van der Waals surface area (Å²) in [6, 6.07) is 14.0. The minimum atomic E-state index is -1.32. The van der Waals surface area contributed by atoms with Gasteiger partial charge in [-0.1, -0.05) is 28.1 Å². The molecule has 0 saturated carbocycles. The highest BCUT2D eigenvalue weighted by Gasteiger charge is 2.46. The lowest BCUT2D eigenvalue weighted by Gasteiger charge is -2.24. The number of rotatable bonds is 3. The van der Waals surface area contributed by atoms with Crippen molar-refractivity contribution in [2.24, 2.45) is 5.41 Å². The predicted octanol–water partition coefficient (Wildman–Crippen LogP) is 4.25. The summed E-state index contributed by atoms with van der Waals surface area (Å²) >= 11 is 3.36. The van der Waals surface area contributed by atoms with Crippen molar-refractivity contribution in [3.05, 3.63) is 64.1 Å². The Bertz CT molecular complexity index is 893. The van der Waals surface area contributed by atoms with Gasteiger partial charge in [-0.25, -0.2) is 0 Å². The molecule has 2 aromatic carbocycles. The van der Waals surface area contributed by atoms with E-state index < -0.39 is 11.4 Å². The molecule has 27 heavy (non-hydrogen) atoms. The SMILES string of the molecule is CCOC(=O)C1(C)CCN(C(=O)c2ccc(Br)cc2)c2ccccc2C1=O. The number of ketones is 1. The van der Waals surface area contributed by atoms with Gasteiger partial charge in [-0.2, -0.15) is 0 Å². The van der Waals surface area contributed by atoms with E-state index in [0.717, 1.165) is 4.47 Å². The number of carbonyl (C=O) groups excluding carboxylic acids is 3. The van der Waals surface area contributed by atoms with E-state index in [1.165, 1.54) is 0 Å². The molecule has 6 heteroatoms. The number of hydrogen-bond donors (Lipinski definition) is 0. The van der Waals surface area contributed by atoms with E-state index in [1.54, 1.807) is 67.3 Å². The van der Waals surface area contributed by atoms with Gasteiger partial charge in [-0.3, -0.25) is 14.4 Å². The number of Topliss-reactive ketones (excluding diaryl/α,β-unsaturated/α-hetero) is 1. The van der Waals surface area contributed by atoms with Gasteiger partial charge in [0.15, 0.2) is 5.78 Å². The number of para-hydroxylation sites is 1. The Balaban J connectivity index is 2.05. The Morgan fingerprint density at radius 1 is 1.15 bits per heavy atom. The van der Waals surface area contributed by atoms with Crippen molar-refractivity contribution in [1.82, 2.24) is 0 Å². The van der Waals surface area contributed by atoms with Gasteiger partial charge in [0.1, 0.15) is 5.41 Å². The number of hydrogen-bond acceptors (Lipinski definition) is 4. The monoisotopic (exact) mass is 429 g/mol. The standard InChI is InChI=1S/C21H20BrNO4/c1-3-27-20(26)21(2)12-13-23(17-7-5-4-6-16(17)18(21)24)19(25)14-8-10-15(22)11-9-14/h4-11H,3,12-13H2,1-2H3. The van der Waals surface area contributed by atoms with Crippen LogP contribution >= 0.6 is 15.9 Å². The minimum absolute atomic E-state index is 0.196. The molecule has 0 aromatic heterocycles. The third-order valence-corrected chi connectivity index (χ3v) is 5.37. The number of benzene rings is 2. The van der Waals surface area contributed by atoms with Gasteiger partial charge in [-0.05, 0) is 56.7 Å². The van der Waals surface area contributed by atoms with E-state index in [4.69, 9.17) is 4.74 Å². The summed E-state index contributed by atoms with van der Waals surface area (Å²) in [5.41, 5.74) is 0.0700. The molecule has 0 spiro atoms. The lowest BCUT2D eigenvalue weighted by atomic mass is 9.80. The molecule has 1 atom stereocenters. The first-order chi connectivity index (χ1) is 12.9. The largest absolute Gasteiger partial charge is 0.465 e. The van der Waals surface area contributed by atoms with Crippen molar-refractivity contribution >= 4 is 39.3 Å². The number of anilines is 1. The molecular formula is C21H20BrNO4. The first-order valence-corrected chi connectivity index (χ1v) is 9.56. The summed E-state index contributed by atoms with van der Waals surface area (Å²) in [5, 5.41) is 0. The topological polar surface area (TPSA) is 63.7 Å². The van der Waals surface area contributed by atoms with E-state index in [9.17, 15) is 14.4 Å². The normalized spacial score (nSPS) is 19.2. The number of fused-ring (bicyclic) bond motifs is 1. The summed E-state index contributed by atoms with van der Waals surface area (Å²) in [5.74, 6) is -1.08. The molecule has 0 N–H and O–H groups in total. The highest BCUT2D eigenvalue weighted by molar-refractivity contribution is 9.10. The molecule has 3 rings (SSSR count). The average Bonchev–Trinajstić information content (AvgIpc) is 2.78. The Labute approximate surface area is 166 Å². The third-order valence-electron chi connectivity index (χ3n) is 4.84. The smallest absolute Gasteiger partial charge is 0.319 e. The molecule has 0 radical (unpaired) electrons. The van der Waals surface area contributed by atoms with Crippen molar-refractivity contribution in [3.8, 4) is 0 Å². The summed E-state index contributed by atoms with van der Waals surface area (Å²) < 4.78 is 6.03. The van der Waals surface area contributed by atoms with Crippen LogP contribution < -0.4 is 4.90 Å². The van der Waals surface area contributed by atoms with Gasteiger partial charge in [0.2, 0.25) is 0 Å². The Hall–Kier alpha value is -2.47. The van der Waals surface area contributed by atoms with Crippen LogP contribution in [0.4, 0.5) is 5.69 Å². The molecule has 1 heterocycles. The molecule has 0 bridgehead atoms. The highest BCUT2D eigenvalue weighted by Crippen LogP contribution is 2.37. The molecule has 0 fully saturated rings. The number of amides is 1. The Kier molecular flexibility index (Phi) is 5.46. The summed E-state index contributed by atoms with van der Waals surface area (Å²) in [6.07, 6.45) is 0.196. The van der Waals surface area contributed by atoms with Crippen LogP contribution in [-0.4, -0.2) is 30.8 Å². The third kappa shape index (κ3) is 3.54. The summed E-state index contributed by atoms with van der Waals surface area (Å²) in [7, 11) is 0. The number of esters is 1. The van der Waals surface area contributed by atoms with Gasteiger partial charge in [0.25, 0.3) is 5.91 Å². The van der Waals surface area contributed by atoms with Crippen LogP contribution in [0.3, 0.4) is 0 Å². The molecular weight excluding hydrogens is 410 g/mol. The number of ether oxygens (including phenoxy) is 1. The molecule has 5 nitrogen and oxygen atoms in total. The lowest BCUT2D eigenvalue weighted by molar-refractivity contribution is -0.151. The molecule has 140 valence electrons. The van der Waals surface area contributed by atoms with Gasteiger partial charge >= 0.3 is 5.97 Å². The van der Waals surface area contributed by atoms with Gasteiger partial charge in [0, 0.05) is 22.1 Å². The molecule has 0 saturated heterocycles. The second-order valence-corrected chi connectivity index (χ2v) is 7.53. The molecule has 1 aliphatic rings. The maximum Gasteiger partial charge on any atom is 0.319 e. The first kappa shape index (κ1) is 19.3. The minimum Gasteiger partial charge on any atom is -0.465 e. The predicted molar refractivity (Wildman–Crippen MR) is 106 cm³/mol. The zero-order valence-electron chi connectivity index (χ0n) is 15.2. The maximum atomic E-state index is 13.2. The zero-order valence-corrected chi connectivity index (χ0v) is 16.8. The summed E-state index contributed by atoms with van der Waals surface area (Å²) in [4.78, 5) is 40.4. The lowest BCUT2D eigenvalue weighted by Crippen LogP contribution is -2.39. The number of nitrogens with zero attached hydrogens (tertiary/aromatic N) is 1. The van der Waals surface area contributed by atoms with Crippen molar-refractivity contribution in [2.45, 2.75) is 20.3 Å². The molecule has 1 amide bonds. The van der Waals surface area contributed by atoms with Crippen LogP contribution in [0.25, 0.3) is 0 Å². The van der Waals surface area contributed by atoms with Crippen molar-refractivity contribution in [2.75, 3.05) is 18.1 Å². The van der Waals surface area contributed by atoms with Crippen LogP contribution in [0.5, 0.6) is 0 Å². The number of carbonyl (C=O) groups is 3. The van der Waals surface area contributed by atoms with E-state index >= 15 is 0 Å². The van der Waals surface area contributed by atoms with Crippen LogP contribution in [0.15, 0.2) is 53.0 Å². The molecule has 2 aromatic rings. The highest BCUT2D eigenvalue weighted by atomic mass is 79.9. The quantitative estimate of drug-likeness (QED) is 0.540. The molecule has 1 unspecified atom stereocenters. The van der Waals surface area contributed by atoms with E-state index in [1.807, 2.05) is 0 Å². The van der Waals surface area contributed by atoms with Gasteiger partial charge < -0.3 is 9.64 Å². The van der Waals surface area contributed by atoms with Crippen molar-refractivity contribution in [1.29, 1.82) is 0 Å². The fourth-order valence-electron chi connectivity index (χ4n) is 3.21. The van der Waals surface area contributed by atoms with Gasteiger partial charge in [-0.15, -0.1) is 0 Å². The summed E-state index contributed by atoms with van der Waals surface area (Å²) in [6.45, 7) is 3.75. The number of halogens is 1. The molecule has 1 aliphatic heterocycles. The second-order valence-electron chi connectivity index (χ2n) is 6.61. The van der Waals surface area contributed by atoms with Crippen LogP contribution in [0.1, 0.15) is 41.0 Å². The van der Waals surface area contributed by atoms with Gasteiger partial charge in [0.05, 0.1) is 12.3 Å². The average molecular weight is 430 g/mol. The van der Waals surface area contributed by atoms with E-state index in [2.05, 4.69) is 15.9 Å². The van der Waals surface area contributed by atoms with Crippen molar-refractivity contribution in [3.63, 3.8) is 0 Å². The van der Waals surface area contributed by atoms with Crippen LogP contribution in [-0.2, 0) is 9.53 Å². The Morgan fingerprint density at radius 2 is 1.81 bits per heavy atom. The van der Waals surface area contributed by atoms with Crippen LogP contribution in [0, 0.1) is 5.41 Å². The fourth-order valence-corrected chi connectivity index (χ4v) is 3.48. The first-order valence-electron chi connectivity index (χ1n) is 8.77.